The van der Waals surface area contributed by atoms with Crippen molar-refractivity contribution in [2.24, 2.45) is 0 Å². The third-order valence-electron chi connectivity index (χ3n) is 2.74. The van der Waals surface area contributed by atoms with Crippen LogP contribution in [0.25, 0.3) is 0 Å². The maximum Gasteiger partial charge on any atom is 0.142 e. The summed E-state index contributed by atoms with van der Waals surface area (Å²) in [5.74, 6) is -0.380. The van der Waals surface area contributed by atoms with Crippen LogP contribution >= 0.6 is 11.6 Å². The molecule has 0 aliphatic heterocycles. The molecule has 108 valence electrons. The van der Waals surface area contributed by atoms with Gasteiger partial charge in [-0.25, -0.2) is 4.39 Å². The normalized spacial score (nSPS) is 12.6. The summed E-state index contributed by atoms with van der Waals surface area (Å²) in [6.45, 7) is 4.51. The Morgan fingerprint density at radius 3 is 2.84 bits per heavy atom. The third-order valence-corrected chi connectivity index (χ3v) is 3.16. The lowest BCUT2D eigenvalue weighted by Crippen LogP contribution is -2.35. The highest BCUT2D eigenvalue weighted by Crippen LogP contribution is 2.21. The molecule has 1 N–H and O–H groups in total. The van der Waals surface area contributed by atoms with E-state index in [4.69, 9.17) is 21.1 Å². The summed E-state index contributed by atoms with van der Waals surface area (Å²) >= 11 is 5.96. The number of benzene rings is 1. The fourth-order valence-corrected chi connectivity index (χ4v) is 2.02. The summed E-state index contributed by atoms with van der Waals surface area (Å²) < 4.78 is 23.8. The zero-order chi connectivity index (χ0) is 14.1. The van der Waals surface area contributed by atoms with Crippen molar-refractivity contribution in [1.82, 2.24) is 5.32 Å². The van der Waals surface area contributed by atoms with Gasteiger partial charge in [-0.2, -0.15) is 0 Å². The minimum absolute atomic E-state index is 0.112. The molecule has 0 amide bonds. The van der Waals surface area contributed by atoms with E-state index >= 15 is 0 Å². The van der Waals surface area contributed by atoms with Crippen molar-refractivity contribution in [3.8, 4) is 0 Å². The molecule has 1 atom stereocenters. The first-order valence-corrected chi connectivity index (χ1v) is 6.79. The topological polar surface area (TPSA) is 30.5 Å². The van der Waals surface area contributed by atoms with Crippen LogP contribution in [0.5, 0.6) is 0 Å². The number of methoxy groups -OCH3 is 1. The summed E-state index contributed by atoms with van der Waals surface area (Å²) in [6.07, 6.45) is 0.636. The summed E-state index contributed by atoms with van der Waals surface area (Å²) in [6, 6.07) is 4.99. The van der Waals surface area contributed by atoms with Gasteiger partial charge < -0.3 is 14.8 Å². The van der Waals surface area contributed by atoms with Crippen LogP contribution in [0.2, 0.25) is 5.02 Å². The molecule has 0 fully saturated rings. The Hall–Kier alpha value is -0.680. The molecule has 0 saturated carbocycles. The van der Waals surface area contributed by atoms with Gasteiger partial charge in [0.15, 0.2) is 0 Å². The molecular formula is C14H21ClFNO2. The van der Waals surface area contributed by atoms with E-state index in [0.29, 0.717) is 26.2 Å². The van der Waals surface area contributed by atoms with E-state index in [9.17, 15) is 4.39 Å². The SMILES string of the molecule is CCNC(COCCOC)Cc1cccc(F)c1Cl. The lowest BCUT2D eigenvalue weighted by molar-refractivity contribution is 0.0589. The largest absolute Gasteiger partial charge is 0.382 e. The highest BCUT2D eigenvalue weighted by atomic mass is 35.5. The van der Waals surface area contributed by atoms with Crippen molar-refractivity contribution >= 4 is 11.6 Å². The molecule has 0 bridgehead atoms. The Morgan fingerprint density at radius 1 is 1.37 bits per heavy atom. The molecular weight excluding hydrogens is 269 g/mol. The molecule has 1 unspecified atom stereocenters. The van der Waals surface area contributed by atoms with Gasteiger partial charge in [0.2, 0.25) is 0 Å². The number of ether oxygens (including phenoxy) is 2. The van der Waals surface area contributed by atoms with E-state index in [2.05, 4.69) is 5.32 Å². The predicted octanol–water partition coefficient (Wildman–Crippen LogP) is 2.66. The number of likely N-dealkylation sites (N-methyl/N-ethyl adjacent to an activating group) is 1. The highest BCUT2D eigenvalue weighted by Gasteiger charge is 2.13. The molecule has 0 spiro atoms. The molecule has 3 nitrogen and oxygen atoms in total. The molecule has 0 aromatic heterocycles. The maximum atomic E-state index is 13.4. The van der Waals surface area contributed by atoms with E-state index in [1.807, 2.05) is 13.0 Å². The Kier molecular flexibility index (Phi) is 7.98. The van der Waals surface area contributed by atoms with Gasteiger partial charge in [0, 0.05) is 13.2 Å². The van der Waals surface area contributed by atoms with Crippen molar-refractivity contribution in [2.45, 2.75) is 19.4 Å². The quantitative estimate of drug-likeness (QED) is 0.709. The second-order valence-electron chi connectivity index (χ2n) is 4.24. The number of hydrogen-bond acceptors (Lipinski definition) is 3. The van der Waals surface area contributed by atoms with Crippen LogP contribution in [0.3, 0.4) is 0 Å². The van der Waals surface area contributed by atoms with E-state index in [1.165, 1.54) is 6.07 Å². The van der Waals surface area contributed by atoms with Crippen molar-refractivity contribution in [3.63, 3.8) is 0 Å². The molecule has 0 heterocycles. The van der Waals surface area contributed by atoms with Crippen molar-refractivity contribution < 1.29 is 13.9 Å². The molecule has 19 heavy (non-hydrogen) atoms. The molecule has 1 aromatic rings. The Labute approximate surface area is 119 Å². The molecule has 1 rings (SSSR count). The van der Waals surface area contributed by atoms with Crippen molar-refractivity contribution in [2.75, 3.05) is 33.5 Å². The summed E-state index contributed by atoms with van der Waals surface area (Å²) in [4.78, 5) is 0. The van der Waals surface area contributed by atoms with Crippen molar-refractivity contribution in [3.05, 3.63) is 34.6 Å². The first kappa shape index (κ1) is 16.4. The van der Waals surface area contributed by atoms with Gasteiger partial charge in [0.1, 0.15) is 5.82 Å². The van der Waals surface area contributed by atoms with Crippen LogP contribution in [-0.4, -0.2) is 39.5 Å². The number of rotatable bonds is 9. The van der Waals surface area contributed by atoms with Gasteiger partial charge in [0.05, 0.1) is 24.8 Å². The summed E-state index contributed by atoms with van der Waals surface area (Å²) in [5, 5.41) is 3.50. The molecule has 0 aliphatic rings. The predicted molar refractivity (Wildman–Crippen MR) is 75.3 cm³/mol. The van der Waals surface area contributed by atoms with Crippen LogP contribution < -0.4 is 5.32 Å². The number of hydrogen-bond donors (Lipinski definition) is 1. The Balaban J connectivity index is 2.54. The average Bonchev–Trinajstić information content (AvgIpc) is 2.40. The molecule has 1 aromatic carbocycles. The summed E-state index contributed by atoms with van der Waals surface area (Å²) in [5.41, 5.74) is 0.794. The van der Waals surface area contributed by atoms with Gasteiger partial charge in [-0.1, -0.05) is 30.7 Å². The van der Waals surface area contributed by atoms with Crippen molar-refractivity contribution in [1.29, 1.82) is 0 Å². The second kappa shape index (κ2) is 9.26. The smallest absolute Gasteiger partial charge is 0.142 e. The first-order valence-electron chi connectivity index (χ1n) is 6.42. The lowest BCUT2D eigenvalue weighted by Gasteiger charge is -2.18. The van der Waals surface area contributed by atoms with Gasteiger partial charge in [0.25, 0.3) is 0 Å². The number of halogens is 2. The zero-order valence-corrected chi connectivity index (χ0v) is 12.2. The lowest BCUT2D eigenvalue weighted by atomic mass is 10.1. The zero-order valence-electron chi connectivity index (χ0n) is 11.4. The maximum absolute atomic E-state index is 13.4. The Bertz CT molecular complexity index is 376. The average molecular weight is 290 g/mol. The molecule has 5 heteroatoms. The highest BCUT2D eigenvalue weighted by molar-refractivity contribution is 6.31. The van der Waals surface area contributed by atoms with E-state index < -0.39 is 0 Å². The number of nitrogens with one attached hydrogen (secondary N) is 1. The summed E-state index contributed by atoms with van der Waals surface area (Å²) in [7, 11) is 1.64. The van der Waals surface area contributed by atoms with Gasteiger partial charge in [-0.3, -0.25) is 0 Å². The first-order chi connectivity index (χ1) is 9.19. The monoisotopic (exact) mass is 289 g/mol. The van der Waals surface area contributed by atoms with E-state index in [-0.39, 0.29) is 16.9 Å². The van der Waals surface area contributed by atoms with Crippen LogP contribution in [0, 0.1) is 5.82 Å². The molecule has 0 radical (unpaired) electrons. The van der Waals surface area contributed by atoms with Crippen LogP contribution in [0.15, 0.2) is 18.2 Å². The fraction of sp³-hybridized carbons (Fsp3) is 0.571. The van der Waals surface area contributed by atoms with E-state index in [1.54, 1.807) is 13.2 Å². The second-order valence-corrected chi connectivity index (χ2v) is 4.62. The van der Waals surface area contributed by atoms with Gasteiger partial charge in [-0.15, -0.1) is 0 Å². The minimum atomic E-state index is -0.380. The standard InChI is InChI=1S/C14H21ClFNO2/c1-3-17-12(10-19-8-7-18-2)9-11-5-4-6-13(16)14(11)15/h4-6,12,17H,3,7-10H2,1-2H3. The third kappa shape index (κ3) is 5.87. The molecule has 0 saturated heterocycles. The molecule has 0 aliphatic carbocycles. The van der Waals surface area contributed by atoms with Gasteiger partial charge in [-0.05, 0) is 24.6 Å². The fourth-order valence-electron chi connectivity index (χ4n) is 1.82. The van der Waals surface area contributed by atoms with E-state index in [0.717, 1.165) is 12.1 Å². The van der Waals surface area contributed by atoms with Crippen LogP contribution in [-0.2, 0) is 15.9 Å². The minimum Gasteiger partial charge on any atom is -0.382 e. The van der Waals surface area contributed by atoms with Crippen LogP contribution in [0.4, 0.5) is 4.39 Å². The Morgan fingerprint density at radius 2 is 2.16 bits per heavy atom. The van der Waals surface area contributed by atoms with Crippen LogP contribution in [0.1, 0.15) is 12.5 Å². The van der Waals surface area contributed by atoms with Gasteiger partial charge >= 0.3 is 0 Å².